The highest BCUT2D eigenvalue weighted by molar-refractivity contribution is 7.00. The lowest BCUT2D eigenvalue weighted by Crippen LogP contribution is -2.84. The fraction of sp³-hybridized carbons (Fsp3) is 0.510. The smallest absolute Gasteiger partial charge is 0.463 e. The van der Waals surface area contributed by atoms with Crippen molar-refractivity contribution in [2.24, 2.45) is 0 Å². The van der Waals surface area contributed by atoms with Gasteiger partial charge in [0.25, 0.3) is 0 Å². The molecule has 4 unspecified atom stereocenters. The van der Waals surface area contributed by atoms with Crippen molar-refractivity contribution in [2.45, 2.75) is 113 Å². The minimum atomic E-state index is -4.94. The minimum absolute atomic E-state index is 0.0160. The van der Waals surface area contributed by atoms with E-state index in [2.05, 4.69) is 63.1 Å². The molecule has 0 saturated carbocycles. The topological polar surface area (TPSA) is 312 Å². The summed E-state index contributed by atoms with van der Waals surface area (Å²) in [5, 5.41) is 0. The van der Waals surface area contributed by atoms with E-state index >= 15 is 0 Å². The maximum atomic E-state index is 12.8. The second-order valence-corrected chi connectivity index (χ2v) is 42.7. The number of ether oxygens (including phenoxy) is 7. The first-order chi connectivity index (χ1) is 40.6. The van der Waals surface area contributed by atoms with E-state index < -0.39 is 113 Å². The molecule has 0 aromatic heterocycles. The van der Waals surface area contributed by atoms with Gasteiger partial charge in [0.2, 0.25) is 10.5 Å². The molecule has 36 heteroatoms. The number of fused-ring (bicyclic) bond motifs is 4. The van der Waals surface area contributed by atoms with Crippen molar-refractivity contribution in [1.29, 1.82) is 0 Å². The van der Waals surface area contributed by atoms with Crippen molar-refractivity contribution in [3.63, 3.8) is 0 Å². The Morgan fingerprint density at radius 3 is 0.882 bits per heavy atom. The Morgan fingerprint density at radius 2 is 0.588 bits per heavy atom. The lowest BCUT2D eigenvalue weighted by atomic mass is 10.2. The summed E-state index contributed by atoms with van der Waals surface area (Å²) in [7, 11) is -33.7. The number of allylic oxidation sites excluding steroid dienone is 1. The molecule has 0 spiro atoms. The van der Waals surface area contributed by atoms with Gasteiger partial charge in [-0.2, -0.15) is 0 Å². The fourth-order valence-electron chi connectivity index (χ4n) is 8.42. The molecule has 6 bridgehead atoms. The van der Waals surface area contributed by atoms with E-state index in [0.29, 0.717) is 0 Å². The fourth-order valence-corrected chi connectivity index (χ4v) is 54.1. The van der Waals surface area contributed by atoms with Crippen LogP contribution in [-0.2, 0) is 121 Å². The Morgan fingerprint density at radius 1 is 0.329 bits per heavy atom. The van der Waals surface area contributed by atoms with Gasteiger partial charge in [0.1, 0.15) is 0 Å². The predicted octanol–water partition coefficient (Wildman–Crippen LogP) is 5.14. The van der Waals surface area contributed by atoms with Crippen LogP contribution in [0.4, 0.5) is 0 Å². The molecule has 4 saturated heterocycles. The van der Waals surface area contributed by atoms with Crippen LogP contribution < -0.4 is 0 Å². The van der Waals surface area contributed by atoms with Crippen LogP contribution >= 0.6 is 0 Å². The van der Waals surface area contributed by atoms with E-state index in [4.69, 9.17) is 82.5 Å². The molecule has 0 aromatic rings. The second kappa shape index (κ2) is 36.0. The zero-order chi connectivity index (χ0) is 62.5. The first kappa shape index (κ1) is 72.8. The first-order valence-electron chi connectivity index (χ1n) is 27.2. The van der Waals surface area contributed by atoms with Crippen molar-refractivity contribution < 1.29 is 121 Å². The molecule has 0 amide bonds. The molecular weight excluding hydrogens is 1270 g/mol. The summed E-state index contributed by atoms with van der Waals surface area (Å²) >= 11 is 0. The van der Waals surface area contributed by atoms with Gasteiger partial charge in [-0.15, -0.1) is 0 Å². The van der Waals surface area contributed by atoms with E-state index in [1.807, 2.05) is 0 Å². The number of carbonyl (C=O) groups excluding carboxylic acids is 8. The van der Waals surface area contributed by atoms with Crippen LogP contribution in [-0.4, -0.2) is 175 Å². The Labute approximate surface area is 507 Å². The van der Waals surface area contributed by atoms with Gasteiger partial charge in [0, 0.05) is 91.3 Å². The molecular formula is C49H74O27Si9. The number of hydrogen-bond acceptors (Lipinski definition) is 27. The molecule has 27 nitrogen and oxygen atoms in total. The van der Waals surface area contributed by atoms with Gasteiger partial charge in [-0.3, -0.25) is 4.79 Å². The van der Waals surface area contributed by atoms with Crippen LogP contribution in [0.5, 0.6) is 0 Å². The minimum Gasteiger partial charge on any atom is -0.463 e. The standard InChI is InChI=1S/C49H74O27Si9/c1-9-42(50)26-17-18-35-82-74-83(39-23-31-62-47(55)14-6)68-79(65-77,36-20-28-59-44(52)11-3)69-84(75-82,40-24-32-63-48(56)15-7)71-81(38-22-30-61-46(54)13-5)67-78(34-19-27-58-43(51)10-2)66-80(70-83,37-21-29-60-45(53)12-4)72-85(73-81,76-82)41-25-33-64-49(57)16-8/h9-16H,1-8,17-41H2. The lowest BCUT2D eigenvalue weighted by molar-refractivity contribution is -0.138. The highest BCUT2D eigenvalue weighted by Gasteiger charge is 2.78. The summed E-state index contributed by atoms with van der Waals surface area (Å²) in [5.74, 6) is -5.48. The Kier molecular flexibility index (Phi) is 30.8. The SMILES string of the molecule is C=CC(=O)CCCC[Si]12O[Si]3(CCCOC(=O)C=C)O[Si](CCCOC(=O)C=C)(O[Si])O[Si](CCCOC(=O)C=C)(O[Si]4(CCCOC(=O)C=C)O[Si](CCCOC(=O)C=C)O[Si](CCCOC(=O)C=C)(O3)O[Si](CCCOC(=O)C=C)(O4)O1)O2. The Bertz CT molecular complexity index is 2320. The van der Waals surface area contributed by atoms with Gasteiger partial charge in [-0.05, 0) is 69.9 Å². The number of ketones is 1. The zero-order valence-electron chi connectivity index (χ0n) is 47.5. The second-order valence-electron chi connectivity index (χ2n) is 18.6. The van der Waals surface area contributed by atoms with Crippen molar-refractivity contribution in [2.75, 3.05) is 46.2 Å². The van der Waals surface area contributed by atoms with Gasteiger partial charge in [-0.1, -0.05) is 52.6 Å². The quantitative estimate of drug-likeness (QED) is 0.0251. The van der Waals surface area contributed by atoms with Crippen LogP contribution in [0.3, 0.4) is 0 Å². The molecule has 4 aliphatic rings. The molecule has 4 aliphatic heterocycles. The summed E-state index contributed by atoms with van der Waals surface area (Å²) in [5.41, 5.74) is 0. The van der Waals surface area contributed by atoms with Crippen molar-refractivity contribution >= 4 is 129 Å². The summed E-state index contributed by atoms with van der Waals surface area (Å²) in [6.45, 7) is 26.4. The van der Waals surface area contributed by atoms with Crippen LogP contribution in [0.1, 0.15) is 64.2 Å². The zero-order valence-corrected chi connectivity index (χ0v) is 56.5. The summed E-state index contributed by atoms with van der Waals surface area (Å²) in [6.07, 6.45) is 8.28. The van der Waals surface area contributed by atoms with E-state index in [0.717, 1.165) is 42.5 Å². The van der Waals surface area contributed by atoms with Crippen LogP contribution in [0.15, 0.2) is 101 Å². The third-order valence-electron chi connectivity index (χ3n) is 12.0. The first-order valence-corrected chi connectivity index (χ1v) is 42.7. The van der Waals surface area contributed by atoms with Crippen LogP contribution in [0.25, 0.3) is 0 Å². The number of rotatable bonds is 42. The number of carbonyl (C=O) groups is 8. The van der Waals surface area contributed by atoms with Gasteiger partial charge < -0.3 is 82.5 Å². The number of esters is 7. The molecule has 4 fully saturated rings. The largest absolute Gasteiger partial charge is 0.479 e. The Balaban J connectivity index is 2.24. The number of hydrogen-bond donors (Lipinski definition) is 0. The third-order valence-corrected chi connectivity index (χ3v) is 47.5. The van der Waals surface area contributed by atoms with Crippen LogP contribution in [0.2, 0.25) is 48.4 Å². The van der Waals surface area contributed by atoms with E-state index in [1.165, 1.54) is 6.08 Å². The van der Waals surface area contributed by atoms with Gasteiger partial charge in [0.15, 0.2) is 5.78 Å². The average Bonchev–Trinajstić information content (AvgIpc) is 0.868. The summed E-state index contributed by atoms with van der Waals surface area (Å²) in [6, 6.07) is -1.58. The highest BCUT2D eigenvalue weighted by Crippen LogP contribution is 2.51. The summed E-state index contributed by atoms with van der Waals surface area (Å²) < 4.78 is 128. The highest BCUT2D eigenvalue weighted by atomic mass is 28.6. The monoisotopic (exact) mass is 1350 g/mol. The van der Waals surface area contributed by atoms with Crippen LogP contribution in [0, 0.1) is 0 Å². The van der Waals surface area contributed by atoms with E-state index in [-0.39, 0.29) is 165 Å². The molecule has 4 rings (SSSR count). The molecule has 0 aromatic carbocycles. The third kappa shape index (κ3) is 23.8. The van der Waals surface area contributed by atoms with E-state index in [1.54, 1.807) is 0 Å². The molecule has 0 N–H and O–H groups in total. The molecule has 4 heterocycles. The number of unbranched alkanes of at least 4 members (excludes halogenated alkanes) is 1. The maximum absolute atomic E-state index is 12.8. The normalized spacial score (nSPS) is 26.7. The maximum Gasteiger partial charge on any atom is 0.479 e. The van der Waals surface area contributed by atoms with Gasteiger partial charge in [0.05, 0.1) is 46.2 Å². The average molecular weight is 1350 g/mol. The summed E-state index contributed by atoms with van der Waals surface area (Å²) in [4.78, 5) is 100. The van der Waals surface area contributed by atoms with Gasteiger partial charge >= 0.3 is 113 Å². The molecule has 4 atom stereocenters. The molecule has 85 heavy (non-hydrogen) atoms. The van der Waals surface area contributed by atoms with Gasteiger partial charge in [-0.25, -0.2) is 33.6 Å². The molecule has 4 radical (unpaired) electrons. The van der Waals surface area contributed by atoms with Crippen molar-refractivity contribution in [3.8, 4) is 0 Å². The van der Waals surface area contributed by atoms with Crippen molar-refractivity contribution in [1.82, 2.24) is 0 Å². The molecule has 468 valence electrons. The van der Waals surface area contributed by atoms with E-state index in [9.17, 15) is 38.4 Å². The molecule has 0 aliphatic carbocycles. The lowest BCUT2D eigenvalue weighted by Gasteiger charge is -2.59. The Hall–Kier alpha value is -4.65. The predicted molar refractivity (Wildman–Crippen MR) is 313 cm³/mol. The van der Waals surface area contributed by atoms with Crippen molar-refractivity contribution in [3.05, 3.63) is 101 Å².